The van der Waals surface area contributed by atoms with Crippen LogP contribution in [-0.4, -0.2) is 18.4 Å². The lowest BCUT2D eigenvalue weighted by Crippen LogP contribution is -2.51. The number of rotatable bonds is 5. The third kappa shape index (κ3) is 3.02. The normalized spacial score (nSPS) is 15.8. The van der Waals surface area contributed by atoms with Crippen LogP contribution in [0.15, 0.2) is 54.6 Å². The standard InChI is InChI=1S/C19H18FNO2/c20-11-10-14-6-8-16(9-7-14)21-18(23)19(12-17(22)13-19)15-4-2-1-3-5-15/h1-9H,10-13H2,(H,21,23). The highest BCUT2D eigenvalue weighted by Crippen LogP contribution is 2.42. The molecule has 3 rings (SSSR count). The van der Waals surface area contributed by atoms with Gasteiger partial charge in [0.25, 0.3) is 0 Å². The molecule has 1 aliphatic carbocycles. The molecule has 2 aromatic rings. The summed E-state index contributed by atoms with van der Waals surface area (Å²) >= 11 is 0. The predicted molar refractivity (Wildman–Crippen MR) is 87.1 cm³/mol. The molecule has 0 spiro atoms. The second-order valence-electron chi connectivity index (χ2n) is 5.93. The van der Waals surface area contributed by atoms with Gasteiger partial charge < -0.3 is 5.32 Å². The van der Waals surface area contributed by atoms with Gasteiger partial charge in [-0.1, -0.05) is 42.5 Å². The Morgan fingerprint density at radius 1 is 1.04 bits per heavy atom. The minimum absolute atomic E-state index is 0.0993. The highest BCUT2D eigenvalue weighted by Gasteiger charge is 2.50. The molecule has 0 radical (unpaired) electrons. The summed E-state index contributed by atoms with van der Waals surface area (Å²) in [7, 11) is 0. The number of ketones is 1. The van der Waals surface area contributed by atoms with Crippen LogP contribution in [0.25, 0.3) is 0 Å². The zero-order valence-corrected chi connectivity index (χ0v) is 12.7. The first-order valence-electron chi connectivity index (χ1n) is 7.68. The summed E-state index contributed by atoms with van der Waals surface area (Å²) in [6, 6.07) is 16.5. The SMILES string of the molecule is O=C1CC(C(=O)Nc2ccc(CCF)cc2)(c2ccccc2)C1. The molecule has 1 N–H and O–H groups in total. The number of aryl methyl sites for hydroxylation is 1. The molecule has 0 heterocycles. The highest BCUT2D eigenvalue weighted by atomic mass is 19.1. The Balaban J connectivity index is 1.79. The Bertz CT molecular complexity index is 702. The van der Waals surface area contributed by atoms with Crippen LogP contribution < -0.4 is 5.32 Å². The zero-order valence-electron chi connectivity index (χ0n) is 12.7. The van der Waals surface area contributed by atoms with Gasteiger partial charge in [-0.3, -0.25) is 14.0 Å². The van der Waals surface area contributed by atoms with Gasteiger partial charge in [-0.2, -0.15) is 0 Å². The summed E-state index contributed by atoms with van der Waals surface area (Å²) in [6.07, 6.45) is 0.849. The van der Waals surface area contributed by atoms with Gasteiger partial charge in [-0.25, -0.2) is 0 Å². The quantitative estimate of drug-likeness (QED) is 0.919. The topological polar surface area (TPSA) is 46.2 Å². The fourth-order valence-corrected chi connectivity index (χ4v) is 2.99. The van der Waals surface area contributed by atoms with Gasteiger partial charge in [-0.05, 0) is 23.3 Å². The van der Waals surface area contributed by atoms with E-state index in [9.17, 15) is 14.0 Å². The van der Waals surface area contributed by atoms with E-state index in [2.05, 4.69) is 5.32 Å². The second-order valence-corrected chi connectivity index (χ2v) is 5.93. The van der Waals surface area contributed by atoms with E-state index in [0.717, 1.165) is 11.1 Å². The molecule has 1 saturated carbocycles. The number of carbonyl (C=O) groups is 2. The summed E-state index contributed by atoms with van der Waals surface area (Å²) in [5.74, 6) is -0.0659. The number of hydrogen-bond donors (Lipinski definition) is 1. The molecule has 1 amide bonds. The molecule has 4 heteroatoms. The number of anilines is 1. The summed E-state index contributed by atoms with van der Waals surface area (Å²) in [4.78, 5) is 24.3. The van der Waals surface area contributed by atoms with Crippen molar-refractivity contribution in [1.82, 2.24) is 0 Å². The number of amides is 1. The molecule has 1 aliphatic rings. The van der Waals surface area contributed by atoms with E-state index < -0.39 is 12.1 Å². The van der Waals surface area contributed by atoms with Crippen molar-refractivity contribution in [2.24, 2.45) is 0 Å². The van der Waals surface area contributed by atoms with Gasteiger partial charge >= 0.3 is 0 Å². The van der Waals surface area contributed by atoms with Gasteiger partial charge in [0.15, 0.2) is 0 Å². The van der Waals surface area contributed by atoms with Crippen LogP contribution in [-0.2, 0) is 21.4 Å². The summed E-state index contributed by atoms with van der Waals surface area (Å²) in [6.45, 7) is -0.398. The van der Waals surface area contributed by atoms with Crippen LogP contribution in [0.1, 0.15) is 24.0 Å². The average molecular weight is 311 g/mol. The van der Waals surface area contributed by atoms with E-state index in [1.807, 2.05) is 30.3 Å². The molecule has 3 nitrogen and oxygen atoms in total. The lowest BCUT2D eigenvalue weighted by atomic mass is 9.63. The zero-order chi connectivity index (χ0) is 16.3. The van der Waals surface area contributed by atoms with E-state index in [0.29, 0.717) is 12.1 Å². The van der Waals surface area contributed by atoms with Gasteiger partial charge in [-0.15, -0.1) is 0 Å². The van der Waals surface area contributed by atoms with Crippen molar-refractivity contribution in [3.8, 4) is 0 Å². The third-order valence-electron chi connectivity index (χ3n) is 4.35. The minimum atomic E-state index is -0.768. The van der Waals surface area contributed by atoms with Crippen molar-refractivity contribution >= 4 is 17.4 Å². The van der Waals surface area contributed by atoms with Crippen molar-refractivity contribution in [3.63, 3.8) is 0 Å². The number of benzene rings is 2. The molecule has 0 saturated heterocycles. The number of Topliss-reactive ketones (excluding diaryl/α,β-unsaturated/α-hetero) is 1. The Kier molecular flexibility index (Phi) is 4.24. The Hall–Kier alpha value is -2.49. The molecular formula is C19H18FNO2. The van der Waals surface area contributed by atoms with E-state index in [-0.39, 0.29) is 24.5 Å². The van der Waals surface area contributed by atoms with E-state index in [1.165, 1.54) is 0 Å². The number of halogens is 1. The van der Waals surface area contributed by atoms with E-state index >= 15 is 0 Å². The number of hydrogen-bond acceptors (Lipinski definition) is 2. The predicted octanol–water partition coefficient (Wildman–Crippen LogP) is 3.44. The molecule has 0 bridgehead atoms. The average Bonchev–Trinajstić information content (AvgIpc) is 2.54. The molecular weight excluding hydrogens is 293 g/mol. The van der Waals surface area contributed by atoms with Crippen molar-refractivity contribution in [1.29, 1.82) is 0 Å². The van der Waals surface area contributed by atoms with Gasteiger partial charge in [0, 0.05) is 24.9 Å². The number of nitrogens with one attached hydrogen (secondary N) is 1. The Labute approximate surface area is 134 Å². The fourth-order valence-electron chi connectivity index (χ4n) is 2.99. The smallest absolute Gasteiger partial charge is 0.235 e. The molecule has 23 heavy (non-hydrogen) atoms. The highest BCUT2D eigenvalue weighted by molar-refractivity contribution is 6.09. The molecule has 0 unspecified atom stereocenters. The largest absolute Gasteiger partial charge is 0.325 e. The molecule has 1 fully saturated rings. The van der Waals surface area contributed by atoms with Crippen molar-refractivity contribution in [2.75, 3.05) is 12.0 Å². The summed E-state index contributed by atoms with van der Waals surface area (Å²) < 4.78 is 12.3. The van der Waals surface area contributed by atoms with E-state index in [1.54, 1.807) is 24.3 Å². The van der Waals surface area contributed by atoms with Crippen LogP contribution in [0.5, 0.6) is 0 Å². The van der Waals surface area contributed by atoms with Crippen LogP contribution >= 0.6 is 0 Å². The van der Waals surface area contributed by atoms with Crippen LogP contribution in [0.4, 0.5) is 10.1 Å². The van der Waals surface area contributed by atoms with Crippen molar-refractivity contribution in [2.45, 2.75) is 24.7 Å². The third-order valence-corrected chi connectivity index (χ3v) is 4.35. The van der Waals surface area contributed by atoms with Gasteiger partial charge in [0.05, 0.1) is 12.1 Å². The summed E-state index contributed by atoms with van der Waals surface area (Å²) in [5.41, 5.74) is 1.65. The lowest BCUT2D eigenvalue weighted by Gasteiger charge is -2.39. The Morgan fingerprint density at radius 3 is 2.26 bits per heavy atom. The maximum atomic E-state index is 12.8. The molecule has 2 aromatic carbocycles. The monoisotopic (exact) mass is 311 g/mol. The van der Waals surface area contributed by atoms with Crippen molar-refractivity contribution < 1.29 is 14.0 Å². The fraction of sp³-hybridized carbons (Fsp3) is 0.263. The van der Waals surface area contributed by atoms with Crippen molar-refractivity contribution in [3.05, 3.63) is 65.7 Å². The molecule has 0 aromatic heterocycles. The molecule has 0 aliphatic heterocycles. The number of alkyl halides is 1. The maximum Gasteiger partial charge on any atom is 0.235 e. The van der Waals surface area contributed by atoms with Crippen LogP contribution in [0.3, 0.4) is 0 Å². The first kappa shape index (κ1) is 15.4. The van der Waals surface area contributed by atoms with Crippen LogP contribution in [0, 0.1) is 0 Å². The lowest BCUT2D eigenvalue weighted by molar-refractivity contribution is -0.138. The Morgan fingerprint density at radius 2 is 1.70 bits per heavy atom. The second kappa shape index (κ2) is 6.32. The first-order valence-corrected chi connectivity index (χ1v) is 7.68. The first-order chi connectivity index (χ1) is 11.1. The van der Waals surface area contributed by atoms with E-state index in [4.69, 9.17) is 0 Å². The van der Waals surface area contributed by atoms with Gasteiger partial charge in [0.2, 0.25) is 5.91 Å². The minimum Gasteiger partial charge on any atom is -0.325 e. The summed E-state index contributed by atoms with van der Waals surface area (Å²) in [5, 5.41) is 2.89. The molecule has 118 valence electrons. The number of carbonyl (C=O) groups excluding carboxylic acids is 2. The van der Waals surface area contributed by atoms with Crippen LogP contribution in [0.2, 0.25) is 0 Å². The maximum absolute atomic E-state index is 12.8. The van der Waals surface area contributed by atoms with Gasteiger partial charge in [0.1, 0.15) is 5.78 Å². The molecule has 0 atom stereocenters.